The first-order valence-electron chi connectivity index (χ1n) is 8.97. The summed E-state index contributed by atoms with van der Waals surface area (Å²) in [5.74, 6) is -0.223. The Morgan fingerprint density at radius 2 is 1.82 bits per heavy atom. The van der Waals surface area contributed by atoms with E-state index in [9.17, 15) is 4.79 Å². The van der Waals surface area contributed by atoms with E-state index < -0.39 is 0 Å². The van der Waals surface area contributed by atoms with Gasteiger partial charge in [0.1, 0.15) is 0 Å². The largest absolute Gasteiger partial charge is 0.353 e. The summed E-state index contributed by atoms with van der Waals surface area (Å²) < 4.78 is 0. The molecule has 5 heteroatoms. The number of aromatic amines is 1. The van der Waals surface area contributed by atoms with Crippen molar-refractivity contribution in [1.82, 2.24) is 15.0 Å². The summed E-state index contributed by atoms with van der Waals surface area (Å²) in [5.41, 5.74) is 4.23. The van der Waals surface area contributed by atoms with E-state index in [4.69, 9.17) is 0 Å². The Hall–Kier alpha value is -3.99. The SMILES string of the molecule is O=C(/C=C/c1cc2c(cn1)[nH]c1ccccc12)Nc1cccc2cccnc12. The van der Waals surface area contributed by atoms with Gasteiger partial charge in [0.2, 0.25) is 5.91 Å². The van der Waals surface area contributed by atoms with E-state index in [2.05, 4.69) is 26.3 Å². The highest BCUT2D eigenvalue weighted by atomic mass is 16.1. The number of H-pyrrole nitrogens is 1. The molecule has 2 N–H and O–H groups in total. The minimum Gasteiger partial charge on any atom is -0.353 e. The van der Waals surface area contributed by atoms with Crippen LogP contribution >= 0.6 is 0 Å². The number of carbonyl (C=O) groups excluding carboxylic acids is 1. The van der Waals surface area contributed by atoms with Gasteiger partial charge in [0, 0.05) is 33.9 Å². The Kier molecular flexibility index (Phi) is 3.84. The summed E-state index contributed by atoms with van der Waals surface area (Å²) in [6.07, 6.45) is 6.72. The van der Waals surface area contributed by atoms with Crippen molar-refractivity contribution in [2.24, 2.45) is 0 Å². The number of hydrogen-bond acceptors (Lipinski definition) is 3. The topological polar surface area (TPSA) is 70.7 Å². The molecule has 5 rings (SSSR count). The van der Waals surface area contributed by atoms with Crippen LogP contribution in [0, 0.1) is 0 Å². The van der Waals surface area contributed by atoms with Gasteiger partial charge in [-0.3, -0.25) is 14.8 Å². The molecule has 28 heavy (non-hydrogen) atoms. The van der Waals surface area contributed by atoms with Gasteiger partial charge in [-0.2, -0.15) is 0 Å². The van der Waals surface area contributed by atoms with Gasteiger partial charge in [0.15, 0.2) is 0 Å². The molecule has 0 aliphatic heterocycles. The van der Waals surface area contributed by atoms with Crippen molar-refractivity contribution < 1.29 is 4.79 Å². The molecular formula is C23H16N4O. The summed E-state index contributed by atoms with van der Waals surface area (Å²) in [7, 11) is 0. The third-order valence-corrected chi connectivity index (χ3v) is 4.71. The number of carbonyl (C=O) groups is 1. The molecule has 134 valence electrons. The van der Waals surface area contributed by atoms with Gasteiger partial charge < -0.3 is 10.3 Å². The number of nitrogens with zero attached hydrogens (tertiary/aromatic N) is 2. The van der Waals surface area contributed by atoms with E-state index in [0.717, 1.165) is 38.4 Å². The Bertz CT molecular complexity index is 1360. The molecule has 3 heterocycles. The van der Waals surface area contributed by atoms with Crippen molar-refractivity contribution in [1.29, 1.82) is 0 Å². The van der Waals surface area contributed by atoms with Crippen LogP contribution in [0.5, 0.6) is 0 Å². The summed E-state index contributed by atoms with van der Waals surface area (Å²) in [4.78, 5) is 24.5. The predicted molar refractivity (Wildman–Crippen MR) is 113 cm³/mol. The van der Waals surface area contributed by atoms with Gasteiger partial charge in [0.25, 0.3) is 0 Å². The fourth-order valence-corrected chi connectivity index (χ4v) is 3.40. The van der Waals surface area contributed by atoms with E-state index >= 15 is 0 Å². The second-order valence-corrected chi connectivity index (χ2v) is 6.53. The molecular weight excluding hydrogens is 348 g/mol. The van der Waals surface area contributed by atoms with E-state index in [-0.39, 0.29) is 5.91 Å². The number of rotatable bonds is 3. The highest BCUT2D eigenvalue weighted by Crippen LogP contribution is 2.25. The van der Waals surface area contributed by atoms with Crippen molar-refractivity contribution in [2.45, 2.75) is 0 Å². The molecule has 0 saturated carbocycles. The third-order valence-electron chi connectivity index (χ3n) is 4.71. The van der Waals surface area contributed by atoms with Crippen LogP contribution in [0.4, 0.5) is 5.69 Å². The van der Waals surface area contributed by atoms with E-state index in [0.29, 0.717) is 5.69 Å². The molecule has 5 aromatic rings. The Labute approximate surface area is 160 Å². The lowest BCUT2D eigenvalue weighted by atomic mass is 10.1. The van der Waals surface area contributed by atoms with E-state index in [1.165, 1.54) is 6.08 Å². The van der Waals surface area contributed by atoms with Crippen molar-refractivity contribution in [3.8, 4) is 0 Å². The molecule has 0 spiro atoms. The summed E-state index contributed by atoms with van der Waals surface area (Å²) >= 11 is 0. The zero-order valence-corrected chi connectivity index (χ0v) is 14.9. The number of anilines is 1. The highest BCUT2D eigenvalue weighted by molar-refractivity contribution is 6.08. The first-order valence-corrected chi connectivity index (χ1v) is 8.97. The normalized spacial score (nSPS) is 11.6. The number of benzene rings is 2. The third kappa shape index (κ3) is 2.89. The van der Waals surface area contributed by atoms with Crippen molar-refractivity contribution in [2.75, 3.05) is 5.32 Å². The van der Waals surface area contributed by atoms with Crippen molar-refractivity contribution in [3.63, 3.8) is 0 Å². The lowest BCUT2D eigenvalue weighted by Crippen LogP contribution is -2.08. The molecule has 0 bridgehead atoms. The number of aromatic nitrogens is 3. The standard InChI is InChI=1S/C23H16N4O/c28-22(27-20-9-3-5-15-6-4-12-24-23(15)20)11-10-16-13-18-17-7-1-2-8-19(17)26-21(18)14-25-16/h1-14,26H,(H,27,28)/b11-10+. The van der Waals surface area contributed by atoms with Crippen LogP contribution in [0.3, 0.4) is 0 Å². The molecule has 0 saturated heterocycles. The monoisotopic (exact) mass is 364 g/mol. The quantitative estimate of drug-likeness (QED) is 0.447. The van der Waals surface area contributed by atoms with Gasteiger partial charge in [-0.05, 0) is 30.3 Å². The summed E-state index contributed by atoms with van der Waals surface area (Å²) in [5, 5.41) is 6.10. The molecule has 0 unspecified atom stereocenters. The van der Waals surface area contributed by atoms with Gasteiger partial charge in [-0.1, -0.05) is 36.4 Å². The Morgan fingerprint density at radius 3 is 2.79 bits per heavy atom. The minimum absolute atomic E-state index is 0.223. The molecule has 3 aromatic heterocycles. The van der Waals surface area contributed by atoms with E-state index in [1.54, 1.807) is 18.5 Å². The number of hydrogen-bond donors (Lipinski definition) is 2. The molecule has 0 fully saturated rings. The number of amides is 1. The fourth-order valence-electron chi connectivity index (χ4n) is 3.40. The second-order valence-electron chi connectivity index (χ2n) is 6.53. The molecule has 0 radical (unpaired) electrons. The van der Waals surface area contributed by atoms with E-state index in [1.807, 2.05) is 54.6 Å². The summed E-state index contributed by atoms with van der Waals surface area (Å²) in [6.45, 7) is 0. The summed E-state index contributed by atoms with van der Waals surface area (Å²) in [6, 6.07) is 19.7. The maximum Gasteiger partial charge on any atom is 0.248 e. The molecule has 0 aliphatic carbocycles. The van der Waals surface area contributed by atoms with Gasteiger partial charge in [-0.15, -0.1) is 0 Å². The number of pyridine rings is 2. The first kappa shape index (κ1) is 16.2. The molecule has 0 aliphatic rings. The maximum absolute atomic E-state index is 12.4. The Morgan fingerprint density at radius 1 is 0.929 bits per heavy atom. The maximum atomic E-state index is 12.4. The predicted octanol–water partition coefficient (Wildman–Crippen LogP) is 4.92. The van der Waals surface area contributed by atoms with Crippen LogP contribution in [0.2, 0.25) is 0 Å². The van der Waals surface area contributed by atoms with Crippen LogP contribution in [0.1, 0.15) is 5.69 Å². The Balaban J connectivity index is 1.42. The van der Waals surface area contributed by atoms with Gasteiger partial charge in [-0.25, -0.2) is 0 Å². The minimum atomic E-state index is -0.223. The van der Waals surface area contributed by atoms with Crippen molar-refractivity contribution in [3.05, 3.63) is 84.8 Å². The molecule has 0 atom stereocenters. The average Bonchev–Trinajstić information content (AvgIpc) is 3.10. The number of nitrogens with one attached hydrogen (secondary N) is 2. The van der Waals surface area contributed by atoms with Crippen LogP contribution in [0.15, 0.2) is 79.1 Å². The van der Waals surface area contributed by atoms with Crippen LogP contribution < -0.4 is 5.32 Å². The average molecular weight is 364 g/mol. The lowest BCUT2D eigenvalue weighted by molar-refractivity contribution is -0.111. The van der Waals surface area contributed by atoms with Crippen LogP contribution in [-0.2, 0) is 4.79 Å². The fraction of sp³-hybridized carbons (Fsp3) is 0. The lowest BCUT2D eigenvalue weighted by Gasteiger charge is -2.05. The molecule has 2 aromatic carbocycles. The zero-order chi connectivity index (χ0) is 18.9. The van der Waals surface area contributed by atoms with Crippen LogP contribution in [0.25, 0.3) is 38.8 Å². The van der Waals surface area contributed by atoms with Gasteiger partial charge >= 0.3 is 0 Å². The molecule has 1 amide bonds. The van der Waals surface area contributed by atoms with Gasteiger partial charge in [0.05, 0.1) is 28.6 Å². The number of fused-ring (bicyclic) bond motifs is 4. The number of para-hydroxylation sites is 2. The zero-order valence-electron chi connectivity index (χ0n) is 14.9. The highest BCUT2D eigenvalue weighted by Gasteiger charge is 2.06. The first-order chi connectivity index (χ1) is 13.8. The smallest absolute Gasteiger partial charge is 0.248 e. The van der Waals surface area contributed by atoms with Crippen LogP contribution in [-0.4, -0.2) is 20.9 Å². The molecule has 5 nitrogen and oxygen atoms in total. The van der Waals surface area contributed by atoms with Crippen molar-refractivity contribution >= 4 is 50.4 Å². The second kappa shape index (κ2) is 6.63.